The van der Waals surface area contributed by atoms with Crippen LogP contribution in [-0.4, -0.2) is 34.9 Å². The summed E-state index contributed by atoms with van der Waals surface area (Å²) < 4.78 is 4.70. The summed E-state index contributed by atoms with van der Waals surface area (Å²) in [7, 11) is 0. The van der Waals surface area contributed by atoms with Crippen molar-refractivity contribution >= 4 is 11.9 Å². The van der Waals surface area contributed by atoms with Crippen LogP contribution >= 0.6 is 0 Å². The lowest BCUT2D eigenvalue weighted by Gasteiger charge is -2.10. The number of carbonyl (C=O) groups excluding carboxylic acids is 2. The van der Waals surface area contributed by atoms with Gasteiger partial charge in [0.15, 0.2) is 0 Å². The van der Waals surface area contributed by atoms with E-state index in [0.717, 1.165) is 6.42 Å². The standard InChI is InChI=1S/C13H10O.C11H12O5.C4H8/c14-13-7-3-6-11-10-5-2-1-4-9(10)8-12(11)13;1-7(12)6-16-11(15)9-5-3-2-4-8(9)10(13)14;1-4(2)3/h1-7,14H,8H2;2-5,7,12H,6H2,1H3,(H,13,14);1H2,2-3H3. The van der Waals surface area contributed by atoms with Gasteiger partial charge in [0, 0.05) is 18.1 Å². The minimum atomic E-state index is -1.44. The summed E-state index contributed by atoms with van der Waals surface area (Å²) in [6.07, 6.45) is 0.129. The highest BCUT2D eigenvalue weighted by Crippen LogP contribution is 2.40. The molecule has 0 saturated carbocycles. The second-order valence-corrected chi connectivity index (χ2v) is 8.15. The molecule has 0 amide bonds. The number of benzene rings is 3. The van der Waals surface area contributed by atoms with Crippen molar-refractivity contribution in [2.75, 3.05) is 6.61 Å². The zero-order chi connectivity index (χ0) is 25.3. The van der Waals surface area contributed by atoms with E-state index in [4.69, 9.17) is 14.9 Å². The van der Waals surface area contributed by atoms with Crippen molar-refractivity contribution in [3.8, 4) is 16.9 Å². The first-order chi connectivity index (χ1) is 16.1. The van der Waals surface area contributed by atoms with Gasteiger partial charge >= 0.3 is 5.97 Å². The lowest BCUT2D eigenvalue weighted by Crippen LogP contribution is -2.26. The Morgan fingerprint density at radius 1 is 1.00 bits per heavy atom. The Morgan fingerprint density at radius 3 is 2.18 bits per heavy atom. The van der Waals surface area contributed by atoms with Gasteiger partial charge in [0.2, 0.25) is 0 Å². The molecule has 6 nitrogen and oxygen atoms in total. The van der Waals surface area contributed by atoms with Gasteiger partial charge in [-0.05, 0) is 43.5 Å². The van der Waals surface area contributed by atoms with E-state index in [1.54, 1.807) is 0 Å². The third kappa shape index (κ3) is 7.32. The van der Waals surface area contributed by atoms with Crippen molar-refractivity contribution in [2.45, 2.75) is 33.3 Å². The minimum absolute atomic E-state index is 0.0804. The topological polar surface area (TPSA) is 110 Å². The predicted molar refractivity (Wildman–Crippen MR) is 131 cm³/mol. The molecule has 0 aliphatic heterocycles. The number of aromatic carboxylic acids is 1. The number of carbonyl (C=O) groups is 2. The number of rotatable bonds is 4. The molecule has 3 aromatic rings. The molecule has 0 heterocycles. The highest BCUT2D eigenvalue weighted by molar-refractivity contribution is 6.01. The predicted octanol–water partition coefficient (Wildman–Crippen LogP) is 3.87. The van der Waals surface area contributed by atoms with Gasteiger partial charge in [0.1, 0.15) is 6.61 Å². The van der Waals surface area contributed by atoms with Gasteiger partial charge in [0.05, 0.1) is 23.2 Å². The van der Waals surface area contributed by atoms with E-state index < -0.39 is 18.0 Å². The number of aliphatic hydroxyl groups is 1. The van der Waals surface area contributed by atoms with Crippen LogP contribution < -0.4 is 5.11 Å². The number of esters is 1. The average molecular weight is 463 g/mol. The van der Waals surface area contributed by atoms with Crippen molar-refractivity contribution in [1.82, 2.24) is 0 Å². The van der Waals surface area contributed by atoms with Crippen molar-refractivity contribution in [3.05, 3.63) is 101 Å². The Hall–Kier alpha value is -3.90. The van der Waals surface area contributed by atoms with E-state index in [0.29, 0.717) is 5.75 Å². The quantitative estimate of drug-likeness (QED) is 0.281. The summed E-state index contributed by atoms with van der Waals surface area (Å²) in [6, 6.07) is 19.9. The van der Waals surface area contributed by atoms with Crippen molar-refractivity contribution < 1.29 is 29.6 Å². The molecule has 0 aromatic heterocycles. The maximum absolute atomic E-state index is 11.4. The van der Waals surface area contributed by atoms with Crippen LogP contribution in [0.3, 0.4) is 0 Å². The summed E-state index contributed by atoms with van der Waals surface area (Å²) >= 11 is 0. The SMILES string of the molecule is C=C(C)C.CC(O)COC(=O)c1ccccc1C(=O)[O-].[OH2+]c1cccc2c1Cc1ccccc1-2. The van der Waals surface area contributed by atoms with Crippen LogP contribution in [0.15, 0.2) is 78.9 Å². The van der Waals surface area contributed by atoms with Gasteiger partial charge in [0.25, 0.3) is 5.75 Å². The number of hydrogen-bond acceptors (Lipinski definition) is 5. The Bertz CT molecular complexity index is 1160. The molecule has 3 N–H and O–H groups in total. The van der Waals surface area contributed by atoms with Gasteiger partial charge in [-0.3, -0.25) is 0 Å². The van der Waals surface area contributed by atoms with Crippen LogP contribution in [0.4, 0.5) is 0 Å². The summed E-state index contributed by atoms with van der Waals surface area (Å²) in [5, 5.41) is 27.4. The zero-order valence-electron chi connectivity index (χ0n) is 19.6. The van der Waals surface area contributed by atoms with E-state index >= 15 is 0 Å². The molecule has 0 radical (unpaired) electrons. The summed E-state index contributed by atoms with van der Waals surface area (Å²) in [6.45, 7) is 8.78. The lowest BCUT2D eigenvalue weighted by atomic mass is 10.1. The van der Waals surface area contributed by atoms with Gasteiger partial charge in [-0.25, -0.2) is 4.79 Å². The second kappa shape index (κ2) is 12.4. The fourth-order valence-electron chi connectivity index (χ4n) is 3.27. The molecule has 0 bridgehead atoms. The Morgan fingerprint density at radius 2 is 1.56 bits per heavy atom. The largest absolute Gasteiger partial charge is 0.593 e. The molecule has 178 valence electrons. The number of allylic oxidation sites excluding steroid dienone is 1. The van der Waals surface area contributed by atoms with Crippen LogP contribution in [0.5, 0.6) is 5.75 Å². The van der Waals surface area contributed by atoms with Crippen LogP contribution in [-0.2, 0) is 11.2 Å². The van der Waals surface area contributed by atoms with E-state index in [1.165, 1.54) is 59.0 Å². The maximum atomic E-state index is 11.4. The number of ether oxygens (including phenoxy) is 1. The van der Waals surface area contributed by atoms with Crippen LogP contribution in [0.25, 0.3) is 11.1 Å². The molecule has 0 fully saturated rings. The molecule has 0 saturated heterocycles. The molecule has 1 unspecified atom stereocenters. The highest BCUT2D eigenvalue weighted by Gasteiger charge is 2.22. The van der Waals surface area contributed by atoms with Gasteiger partial charge in [-0.2, -0.15) is 0 Å². The third-order valence-electron chi connectivity index (χ3n) is 4.67. The first-order valence-corrected chi connectivity index (χ1v) is 10.8. The van der Waals surface area contributed by atoms with E-state index in [9.17, 15) is 14.7 Å². The first kappa shape index (κ1) is 26.4. The lowest BCUT2D eigenvalue weighted by molar-refractivity contribution is -0.255. The molecule has 0 spiro atoms. The number of carboxylic acid groups (broad SMARTS) is 1. The molecule has 1 aliphatic carbocycles. The third-order valence-corrected chi connectivity index (χ3v) is 4.67. The Labute approximate surface area is 199 Å². The van der Waals surface area contributed by atoms with Crippen LogP contribution in [0.2, 0.25) is 0 Å². The summed E-state index contributed by atoms with van der Waals surface area (Å²) in [5.41, 5.74) is 5.93. The highest BCUT2D eigenvalue weighted by atomic mass is 16.5. The smallest absolute Gasteiger partial charge is 0.338 e. The number of aliphatic hydroxyl groups excluding tert-OH is 1. The monoisotopic (exact) mass is 462 g/mol. The molecular weight excluding hydrogens is 432 g/mol. The average Bonchev–Trinajstić information content (AvgIpc) is 3.18. The number of carboxylic acids is 1. The van der Waals surface area contributed by atoms with Crippen molar-refractivity contribution in [1.29, 1.82) is 0 Å². The summed E-state index contributed by atoms with van der Waals surface area (Å²) in [4.78, 5) is 22.1. The van der Waals surface area contributed by atoms with E-state index in [-0.39, 0.29) is 17.7 Å². The Kier molecular flexibility index (Phi) is 9.59. The Balaban J connectivity index is 0.000000209. The fourth-order valence-corrected chi connectivity index (χ4v) is 3.27. The van der Waals surface area contributed by atoms with Crippen LogP contribution in [0.1, 0.15) is 52.6 Å². The fraction of sp³-hybridized carbons (Fsp3) is 0.214. The van der Waals surface area contributed by atoms with Crippen molar-refractivity contribution in [2.24, 2.45) is 0 Å². The van der Waals surface area contributed by atoms with E-state index in [2.05, 4.69) is 36.9 Å². The number of hydrogen-bond donors (Lipinski definition) is 1. The molecular formula is C28H30O6. The molecule has 3 aromatic carbocycles. The second-order valence-electron chi connectivity index (χ2n) is 8.15. The first-order valence-electron chi connectivity index (χ1n) is 10.8. The molecule has 1 aliphatic rings. The molecule has 6 heteroatoms. The van der Waals surface area contributed by atoms with Gasteiger partial charge in [-0.1, -0.05) is 60.2 Å². The molecule has 4 rings (SSSR count). The van der Waals surface area contributed by atoms with Crippen molar-refractivity contribution in [3.63, 3.8) is 0 Å². The molecule has 1 atom stereocenters. The normalized spacial score (nSPS) is 11.4. The molecule has 34 heavy (non-hydrogen) atoms. The maximum Gasteiger partial charge on any atom is 0.338 e. The number of fused-ring (bicyclic) bond motifs is 3. The van der Waals surface area contributed by atoms with Gasteiger partial charge < -0.3 is 24.9 Å². The van der Waals surface area contributed by atoms with E-state index in [1.807, 2.05) is 26.0 Å². The van der Waals surface area contributed by atoms with Crippen LogP contribution in [0, 0.1) is 0 Å². The summed E-state index contributed by atoms with van der Waals surface area (Å²) in [5.74, 6) is -1.57. The van der Waals surface area contributed by atoms with Gasteiger partial charge in [-0.15, -0.1) is 6.58 Å². The zero-order valence-corrected chi connectivity index (χ0v) is 19.6. The minimum Gasteiger partial charge on any atom is -0.593 e.